The molecule has 12 heavy (non-hydrogen) atoms. The zero-order chi connectivity index (χ0) is 9.40. The van der Waals surface area contributed by atoms with E-state index < -0.39 is 5.97 Å². The van der Waals surface area contributed by atoms with Crippen molar-refractivity contribution in [1.82, 2.24) is 0 Å². The van der Waals surface area contributed by atoms with Gasteiger partial charge >= 0.3 is 5.97 Å². The van der Waals surface area contributed by atoms with Gasteiger partial charge in [-0.25, -0.2) is 4.79 Å². The highest BCUT2D eigenvalue weighted by atomic mass is 16.6. The Labute approximate surface area is 73.4 Å². The summed E-state index contributed by atoms with van der Waals surface area (Å²) in [5.74, 6) is -0.362. The van der Waals surface area contributed by atoms with Gasteiger partial charge in [0, 0.05) is 0 Å². The van der Waals surface area contributed by atoms with Crippen molar-refractivity contribution in [1.29, 1.82) is 0 Å². The topological polar surface area (TPSA) is 35.5 Å². The Balaban J connectivity index is 3.50. The third kappa shape index (κ3) is 4.77. The molecule has 0 atom stereocenters. The van der Waals surface area contributed by atoms with E-state index in [0.717, 1.165) is 12.8 Å². The maximum absolute atomic E-state index is 10.9. The highest BCUT2D eigenvalue weighted by molar-refractivity contribution is 5.85. The zero-order valence-corrected chi connectivity index (χ0v) is 7.76. The highest BCUT2D eigenvalue weighted by Gasteiger charge is 2.07. The van der Waals surface area contributed by atoms with Gasteiger partial charge in [0.1, 0.15) is 0 Å². The van der Waals surface area contributed by atoms with Crippen LogP contribution in [-0.2, 0) is 14.3 Å². The summed E-state index contributed by atoms with van der Waals surface area (Å²) < 4.78 is 9.70. The smallest absolute Gasteiger partial charge is 0.372 e. The van der Waals surface area contributed by atoms with Crippen LogP contribution < -0.4 is 0 Å². The van der Waals surface area contributed by atoms with Crippen molar-refractivity contribution >= 4 is 5.97 Å². The molecule has 0 bridgehead atoms. The van der Waals surface area contributed by atoms with Crippen LogP contribution in [0.25, 0.3) is 0 Å². The lowest BCUT2D eigenvalue weighted by molar-refractivity contribution is -0.142. The van der Waals surface area contributed by atoms with Gasteiger partial charge in [-0.3, -0.25) is 0 Å². The van der Waals surface area contributed by atoms with Crippen molar-refractivity contribution in [2.24, 2.45) is 0 Å². The summed E-state index contributed by atoms with van der Waals surface area (Å²) in [6, 6.07) is 0. The quantitative estimate of drug-likeness (QED) is 0.265. The standard InChI is InChI=1S/C9H16O3/c1-4-6-7-12-8(3)9(10)11-5-2/h3-7H2,1-2H3. The Morgan fingerprint density at radius 2 is 2.00 bits per heavy atom. The summed E-state index contributed by atoms with van der Waals surface area (Å²) in [5.41, 5.74) is 0. The summed E-state index contributed by atoms with van der Waals surface area (Å²) in [4.78, 5) is 10.9. The molecule has 0 aliphatic heterocycles. The molecule has 0 saturated heterocycles. The second-order valence-corrected chi connectivity index (χ2v) is 2.35. The van der Waals surface area contributed by atoms with E-state index in [1.807, 2.05) is 0 Å². The molecule has 0 heterocycles. The zero-order valence-electron chi connectivity index (χ0n) is 7.76. The average Bonchev–Trinajstić information content (AvgIpc) is 2.05. The van der Waals surface area contributed by atoms with Crippen LogP contribution in [0.3, 0.4) is 0 Å². The van der Waals surface area contributed by atoms with E-state index in [9.17, 15) is 4.79 Å². The van der Waals surface area contributed by atoms with Gasteiger partial charge in [-0.15, -0.1) is 0 Å². The van der Waals surface area contributed by atoms with Crippen LogP contribution in [-0.4, -0.2) is 19.2 Å². The van der Waals surface area contributed by atoms with Gasteiger partial charge in [0.15, 0.2) is 5.76 Å². The number of ether oxygens (including phenoxy) is 2. The predicted octanol–water partition coefficient (Wildman–Crippen LogP) is 1.88. The summed E-state index contributed by atoms with van der Waals surface area (Å²) in [5, 5.41) is 0. The second kappa shape index (κ2) is 6.70. The van der Waals surface area contributed by atoms with Gasteiger partial charge in [-0.05, 0) is 19.9 Å². The van der Waals surface area contributed by atoms with Gasteiger partial charge in [-0.2, -0.15) is 0 Å². The monoisotopic (exact) mass is 172 g/mol. The third-order valence-corrected chi connectivity index (χ3v) is 1.28. The molecule has 0 rings (SSSR count). The molecule has 0 aliphatic rings. The molecular formula is C9H16O3. The molecule has 0 spiro atoms. The summed E-state index contributed by atoms with van der Waals surface area (Å²) in [6.45, 7) is 8.14. The van der Waals surface area contributed by atoms with E-state index in [4.69, 9.17) is 4.74 Å². The molecule has 0 radical (unpaired) electrons. The first kappa shape index (κ1) is 11.0. The molecule has 70 valence electrons. The Morgan fingerprint density at radius 3 is 2.50 bits per heavy atom. The molecule has 0 fully saturated rings. The van der Waals surface area contributed by atoms with E-state index in [1.54, 1.807) is 6.92 Å². The highest BCUT2D eigenvalue weighted by Crippen LogP contribution is 1.99. The number of carbonyl (C=O) groups excluding carboxylic acids is 1. The van der Waals surface area contributed by atoms with E-state index in [0.29, 0.717) is 13.2 Å². The fraction of sp³-hybridized carbons (Fsp3) is 0.667. The summed E-state index contributed by atoms with van der Waals surface area (Å²) in [6.07, 6.45) is 1.97. The van der Waals surface area contributed by atoms with E-state index in [-0.39, 0.29) is 5.76 Å². The summed E-state index contributed by atoms with van der Waals surface area (Å²) in [7, 11) is 0. The molecule has 3 heteroatoms. The van der Waals surface area contributed by atoms with Crippen LogP contribution in [0, 0.1) is 0 Å². The first-order valence-corrected chi connectivity index (χ1v) is 4.21. The minimum Gasteiger partial charge on any atom is -0.487 e. The molecule has 0 unspecified atom stereocenters. The minimum atomic E-state index is -0.464. The first-order chi connectivity index (χ1) is 5.72. The minimum absolute atomic E-state index is 0.102. The third-order valence-electron chi connectivity index (χ3n) is 1.28. The molecule has 0 aromatic carbocycles. The van der Waals surface area contributed by atoms with Gasteiger partial charge in [-0.1, -0.05) is 13.3 Å². The number of hydrogen-bond acceptors (Lipinski definition) is 3. The summed E-state index contributed by atoms with van der Waals surface area (Å²) >= 11 is 0. The molecule has 0 saturated carbocycles. The molecular weight excluding hydrogens is 156 g/mol. The van der Waals surface area contributed by atoms with Crippen molar-refractivity contribution in [2.45, 2.75) is 26.7 Å². The number of unbranched alkanes of at least 4 members (excludes halogenated alkanes) is 1. The van der Waals surface area contributed by atoms with Crippen molar-refractivity contribution in [3.05, 3.63) is 12.3 Å². The second-order valence-electron chi connectivity index (χ2n) is 2.35. The normalized spacial score (nSPS) is 9.17. The number of esters is 1. The van der Waals surface area contributed by atoms with Gasteiger partial charge in [0.2, 0.25) is 0 Å². The molecule has 0 aromatic rings. The fourth-order valence-corrected chi connectivity index (χ4v) is 0.610. The predicted molar refractivity (Wildman–Crippen MR) is 46.6 cm³/mol. The van der Waals surface area contributed by atoms with Crippen molar-refractivity contribution in [2.75, 3.05) is 13.2 Å². The Morgan fingerprint density at radius 1 is 1.33 bits per heavy atom. The Hall–Kier alpha value is -0.990. The van der Waals surface area contributed by atoms with E-state index in [2.05, 4.69) is 18.2 Å². The maximum atomic E-state index is 10.9. The molecule has 0 aromatic heterocycles. The van der Waals surface area contributed by atoms with Crippen molar-refractivity contribution in [3.63, 3.8) is 0 Å². The van der Waals surface area contributed by atoms with Crippen LogP contribution in [0.4, 0.5) is 0 Å². The van der Waals surface area contributed by atoms with Gasteiger partial charge < -0.3 is 9.47 Å². The molecule has 3 nitrogen and oxygen atoms in total. The first-order valence-electron chi connectivity index (χ1n) is 4.21. The van der Waals surface area contributed by atoms with Crippen LogP contribution >= 0.6 is 0 Å². The lowest BCUT2D eigenvalue weighted by Gasteiger charge is -2.06. The van der Waals surface area contributed by atoms with Crippen molar-refractivity contribution in [3.8, 4) is 0 Å². The van der Waals surface area contributed by atoms with Crippen LogP contribution in [0.5, 0.6) is 0 Å². The van der Waals surface area contributed by atoms with Gasteiger partial charge in [0.25, 0.3) is 0 Å². The van der Waals surface area contributed by atoms with Crippen LogP contribution in [0.1, 0.15) is 26.7 Å². The lowest BCUT2D eigenvalue weighted by atomic mass is 10.4. The van der Waals surface area contributed by atoms with E-state index >= 15 is 0 Å². The molecule has 0 N–H and O–H groups in total. The number of hydrogen-bond donors (Lipinski definition) is 0. The van der Waals surface area contributed by atoms with E-state index in [1.165, 1.54) is 0 Å². The van der Waals surface area contributed by atoms with Gasteiger partial charge in [0.05, 0.1) is 13.2 Å². The number of carbonyl (C=O) groups is 1. The van der Waals surface area contributed by atoms with Crippen LogP contribution in [0.15, 0.2) is 12.3 Å². The van der Waals surface area contributed by atoms with Crippen molar-refractivity contribution < 1.29 is 14.3 Å². The lowest BCUT2D eigenvalue weighted by Crippen LogP contribution is -2.09. The number of rotatable bonds is 6. The maximum Gasteiger partial charge on any atom is 0.372 e. The SMILES string of the molecule is C=C(OCCCC)C(=O)OCC. The van der Waals surface area contributed by atoms with Crippen LogP contribution in [0.2, 0.25) is 0 Å². The molecule has 0 amide bonds. The Kier molecular flexibility index (Phi) is 6.15. The fourth-order valence-electron chi connectivity index (χ4n) is 0.610. The largest absolute Gasteiger partial charge is 0.487 e. The average molecular weight is 172 g/mol. The molecule has 0 aliphatic carbocycles. The Bertz CT molecular complexity index is 152.